The summed E-state index contributed by atoms with van der Waals surface area (Å²) < 4.78 is 5.12. The van der Waals surface area contributed by atoms with E-state index in [0.717, 1.165) is 11.3 Å². The number of rotatable bonds is 4. The van der Waals surface area contributed by atoms with E-state index in [1.54, 1.807) is 18.9 Å². The lowest BCUT2D eigenvalue weighted by Gasteiger charge is -2.04. The molecule has 2 nitrogen and oxygen atoms in total. The maximum atomic E-state index is 8.61. The van der Waals surface area contributed by atoms with E-state index in [0.29, 0.717) is 6.42 Å². The van der Waals surface area contributed by atoms with Gasteiger partial charge in [-0.25, -0.2) is 0 Å². The molecule has 0 amide bonds. The van der Waals surface area contributed by atoms with Crippen LogP contribution in [0.25, 0.3) is 0 Å². The SMILES string of the molecule is COc1ccc(Sc2ccc(CC#N)cc2)cc1. The first-order chi connectivity index (χ1) is 8.81. The van der Waals surface area contributed by atoms with E-state index in [1.807, 2.05) is 48.5 Å². The van der Waals surface area contributed by atoms with Crippen LogP contribution in [0.15, 0.2) is 58.3 Å². The number of hydrogen-bond acceptors (Lipinski definition) is 3. The van der Waals surface area contributed by atoms with Crippen molar-refractivity contribution in [1.82, 2.24) is 0 Å². The third kappa shape index (κ3) is 3.28. The van der Waals surface area contributed by atoms with Crippen molar-refractivity contribution in [2.24, 2.45) is 0 Å². The number of hydrogen-bond donors (Lipinski definition) is 0. The van der Waals surface area contributed by atoms with Crippen LogP contribution in [-0.4, -0.2) is 7.11 Å². The summed E-state index contributed by atoms with van der Waals surface area (Å²) in [6, 6.07) is 18.2. The largest absolute Gasteiger partial charge is 0.497 e. The van der Waals surface area contributed by atoms with Crippen molar-refractivity contribution in [3.05, 3.63) is 54.1 Å². The first kappa shape index (κ1) is 12.5. The second-order valence-corrected chi connectivity index (χ2v) is 4.90. The number of nitriles is 1. The van der Waals surface area contributed by atoms with Gasteiger partial charge in [0.2, 0.25) is 0 Å². The molecule has 3 heteroatoms. The van der Waals surface area contributed by atoms with E-state index < -0.39 is 0 Å². The highest BCUT2D eigenvalue weighted by atomic mass is 32.2. The molecular formula is C15H13NOS. The van der Waals surface area contributed by atoms with Crippen molar-refractivity contribution in [2.75, 3.05) is 7.11 Å². The Bertz CT molecular complexity index is 540. The Hall–Kier alpha value is -1.92. The first-order valence-electron chi connectivity index (χ1n) is 5.59. The fraction of sp³-hybridized carbons (Fsp3) is 0.133. The molecule has 0 heterocycles. The van der Waals surface area contributed by atoms with Gasteiger partial charge in [0.05, 0.1) is 19.6 Å². The lowest BCUT2D eigenvalue weighted by molar-refractivity contribution is 0.414. The molecule has 0 aliphatic rings. The van der Waals surface area contributed by atoms with Crippen molar-refractivity contribution in [3.8, 4) is 11.8 Å². The first-order valence-corrected chi connectivity index (χ1v) is 6.41. The van der Waals surface area contributed by atoms with Gasteiger partial charge in [0, 0.05) is 9.79 Å². The van der Waals surface area contributed by atoms with Gasteiger partial charge in [-0.2, -0.15) is 5.26 Å². The molecule has 0 bridgehead atoms. The van der Waals surface area contributed by atoms with Crippen LogP contribution in [0.5, 0.6) is 5.75 Å². The molecule has 90 valence electrons. The lowest BCUT2D eigenvalue weighted by Crippen LogP contribution is -1.82. The van der Waals surface area contributed by atoms with Gasteiger partial charge in [-0.15, -0.1) is 0 Å². The number of nitrogens with zero attached hydrogens (tertiary/aromatic N) is 1. The number of benzene rings is 2. The Kier molecular flexibility index (Phi) is 4.27. The molecular weight excluding hydrogens is 242 g/mol. The molecule has 0 N–H and O–H groups in total. The Morgan fingerprint density at radius 1 is 1.00 bits per heavy atom. The predicted octanol–water partition coefficient (Wildman–Crippen LogP) is 3.91. The second kappa shape index (κ2) is 6.13. The fourth-order valence-electron chi connectivity index (χ4n) is 1.55. The van der Waals surface area contributed by atoms with Gasteiger partial charge in [-0.3, -0.25) is 0 Å². The summed E-state index contributed by atoms with van der Waals surface area (Å²) in [4.78, 5) is 2.34. The van der Waals surface area contributed by atoms with E-state index in [1.165, 1.54) is 9.79 Å². The summed E-state index contributed by atoms with van der Waals surface area (Å²) in [6.45, 7) is 0. The van der Waals surface area contributed by atoms with Crippen LogP contribution in [-0.2, 0) is 6.42 Å². The number of methoxy groups -OCH3 is 1. The van der Waals surface area contributed by atoms with Gasteiger partial charge < -0.3 is 4.74 Å². The average molecular weight is 255 g/mol. The van der Waals surface area contributed by atoms with Gasteiger partial charge in [-0.1, -0.05) is 23.9 Å². The molecule has 0 fully saturated rings. The molecule has 2 aromatic rings. The van der Waals surface area contributed by atoms with Crippen LogP contribution in [0, 0.1) is 11.3 Å². The summed E-state index contributed by atoms with van der Waals surface area (Å²) in [5.74, 6) is 0.865. The zero-order chi connectivity index (χ0) is 12.8. The minimum Gasteiger partial charge on any atom is -0.497 e. The molecule has 2 aromatic carbocycles. The van der Waals surface area contributed by atoms with Gasteiger partial charge >= 0.3 is 0 Å². The van der Waals surface area contributed by atoms with E-state index in [4.69, 9.17) is 10.00 Å². The zero-order valence-electron chi connectivity index (χ0n) is 10.1. The second-order valence-electron chi connectivity index (χ2n) is 3.76. The standard InChI is InChI=1S/C15H13NOS/c1-17-13-4-8-15(9-5-13)18-14-6-2-12(3-7-14)10-11-16/h2-9H,10H2,1H3. The van der Waals surface area contributed by atoms with E-state index in [-0.39, 0.29) is 0 Å². The zero-order valence-corrected chi connectivity index (χ0v) is 10.9. The van der Waals surface area contributed by atoms with Crippen molar-refractivity contribution < 1.29 is 4.74 Å². The molecule has 0 saturated carbocycles. The van der Waals surface area contributed by atoms with Gasteiger partial charge in [-0.05, 0) is 42.0 Å². The molecule has 2 rings (SSSR count). The highest BCUT2D eigenvalue weighted by Gasteiger charge is 1.99. The van der Waals surface area contributed by atoms with Crippen LogP contribution >= 0.6 is 11.8 Å². The van der Waals surface area contributed by atoms with E-state index in [9.17, 15) is 0 Å². The molecule has 0 aliphatic carbocycles. The summed E-state index contributed by atoms with van der Waals surface area (Å²) in [6.07, 6.45) is 0.466. The highest BCUT2D eigenvalue weighted by molar-refractivity contribution is 7.99. The molecule has 0 aromatic heterocycles. The molecule has 0 radical (unpaired) electrons. The Balaban J connectivity index is 2.06. The smallest absolute Gasteiger partial charge is 0.118 e. The highest BCUT2D eigenvalue weighted by Crippen LogP contribution is 2.29. The maximum Gasteiger partial charge on any atom is 0.118 e. The van der Waals surface area contributed by atoms with Crippen molar-refractivity contribution >= 4 is 11.8 Å². The molecule has 0 saturated heterocycles. The van der Waals surface area contributed by atoms with Gasteiger partial charge in [0.25, 0.3) is 0 Å². The molecule has 0 atom stereocenters. The summed E-state index contributed by atoms with van der Waals surface area (Å²) >= 11 is 1.70. The molecule has 18 heavy (non-hydrogen) atoms. The topological polar surface area (TPSA) is 33.0 Å². The predicted molar refractivity (Wildman–Crippen MR) is 72.9 cm³/mol. The van der Waals surface area contributed by atoms with Crippen LogP contribution in [0.2, 0.25) is 0 Å². The van der Waals surface area contributed by atoms with E-state index in [2.05, 4.69) is 6.07 Å². The quantitative estimate of drug-likeness (QED) is 0.830. The third-order valence-corrected chi connectivity index (χ3v) is 3.52. The molecule has 0 aliphatic heterocycles. The molecule has 0 unspecified atom stereocenters. The van der Waals surface area contributed by atoms with Crippen LogP contribution in [0.3, 0.4) is 0 Å². The Morgan fingerprint density at radius 3 is 2.06 bits per heavy atom. The summed E-state index contributed by atoms with van der Waals surface area (Å²) in [5, 5.41) is 8.61. The van der Waals surface area contributed by atoms with Crippen molar-refractivity contribution in [2.45, 2.75) is 16.2 Å². The van der Waals surface area contributed by atoms with Crippen LogP contribution in [0.1, 0.15) is 5.56 Å². The Morgan fingerprint density at radius 2 is 1.56 bits per heavy atom. The number of ether oxygens (including phenoxy) is 1. The average Bonchev–Trinajstić information content (AvgIpc) is 2.42. The van der Waals surface area contributed by atoms with Gasteiger partial charge in [0.15, 0.2) is 0 Å². The van der Waals surface area contributed by atoms with Gasteiger partial charge in [0.1, 0.15) is 5.75 Å². The monoisotopic (exact) mass is 255 g/mol. The third-order valence-electron chi connectivity index (χ3n) is 2.50. The fourth-order valence-corrected chi connectivity index (χ4v) is 2.36. The Labute approximate surface area is 111 Å². The minimum absolute atomic E-state index is 0.466. The van der Waals surface area contributed by atoms with Crippen LogP contribution < -0.4 is 4.74 Å². The van der Waals surface area contributed by atoms with Crippen molar-refractivity contribution in [3.63, 3.8) is 0 Å². The van der Waals surface area contributed by atoms with Crippen LogP contribution in [0.4, 0.5) is 0 Å². The minimum atomic E-state index is 0.466. The maximum absolute atomic E-state index is 8.61. The van der Waals surface area contributed by atoms with Crippen molar-refractivity contribution in [1.29, 1.82) is 5.26 Å². The summed E-state index contributed by atoms with van der Waals surface area (Å²) in [5.41, 5.74) is 1.05. The van der Waals surface area contributed by atoms with E-state index >= 15 is 0 Å². The summed E-state index contributed by atoms with van der Waals surface area (Å²) in [7, 11) is 1.66. The normalized spacial score (nSPS) is 9.78. The molecule has 0 spiro atoms. The lowest BCUT2D eigenvalue weighted by atomic mass is 10.2.